The summed E-state index contributed by atoms with van der Waals surface area (Å²) in [7, 11) is 0. The number of hydrogen-bond donors (Lipinski definition) is 2. The molecule has 2 N–H and O–H groups in total. The van der Waals surface area contributed by atoms with Gasteiger partial charge in [0.1, 0.15) is 0 Å². The average Bonchev–Trinajstić information content (AvgIpc) is 3.12. The lowest BCUT2D eigenvalue weighted by Crippen LogP contribution is -2.66. The number of nitrogens with zero attached hydrogens (tertiary/aromatic N) is 1. The Morgan fingerprint density at radius 3 is 2.81 bits per heavy atom. The molecule has 0 amide bonds. The van der Waals surface area contributed by atoms with Gasteiger partial charge >= 0.3 is 0 Å². The van der Waals surface area contributed by atoms with Crippen molar-refractivity contribution < 1.29 is 4.74 Å². The Morgan fingerprint density at radius 2 is 2.05 bits per heavy atom. The van der Waals surface area contributed by atoms with Crippen LogP contribution in [-0.4, -0.2) is 48.3 Å². The second-order valence-corrected chi connectivity index (χ2v) is 6.41. The zero-order chi connectivity index (χ0) is 14.1. The normalized spacial score (nSPS) is 21.7. The molecular formula is C17H23N3O. The highest BCUT2D eigenvalue weighted by atomic mass is 16.5. The highest BCUT2D eigenvalue weighted by Gasteiger charge is 2.44. The molecule has 2 aromatic rings. The molecule has 2 saturated heterocycles. The molecule has 112 valence electrons. The van der Waals surface area contributed by atoms with Gasteiger partial charge in [0, 0.05) is 24.8 Å². The molecule has 0 atom stereocenters. The predicted octanol–water partition coefficient (Wildman–Crippen LogP) is 2.12. The van der Waals surface area contributed by atoms with Gasteiger partial charge in [-0.05, 0) is 55.1 Å². The molecule has 3 heterocycles. The van der Waals surface area contributed by atoms with Crippen LogP contribution >= 0.6 is 0 Å². The Hall–Kier alpha value is -1.36. The summed E-state index contributed by atoms with van der Waals surface area (Å²) < 4.78 is 5.51. The number of aromatic nitrogens is 1. The SMILES string of the molecule is c1cc2cc(CNCC3(N4CCCC4)COC3)ccc2[nH]1. The maximum absolute atomic E-state index is 5.51. The molecule has 0 radical (unpaired) electrons. The molecule has 0 saturated carbocycles. The van der Waals surface area contributed by atoms with E-state index < -0.39 is 0 Å². The Kier molecular flexibility index (Phi) is 3.45. The second kappa shape index (κ2) is 5.44. The highest BCUT2D eigenvalue weighted by Crippen LogP contribution is 2.28. The van der Waals surface area contributed by atoms with Gasteiger partial charge in [-0.1, -0.05) is 6.07 Å². The van der Waals surface area contributed by atoms with Gasteiger partial charge < -0.3 is 15.0 Å². The van der Waals surface area contributed by atoms with Crippen LogP contribution in [0, 0.1) is 0 Å². The molecule has 0 unspecified atom stereocenters. The summed E-state index contributed by atoms with van der Waals surface area (Å²) >= 11 is 0. The van der Waals surface area contributed by atoms with Crippen molar-refractivity contribution >= 4 is 10.9 Å². The number of rotatable bonds is 5. The number of benzene rings is 1. The van der Waals surface area contributed by atoms with Gasteiger partial charge in [-0.25, -0.2) is 0 Å². The van der Waals surface area contributed by atoms with Gasteiger partial charge in [0.15, 0.2) is 0 Å². The average molecular weight is 285 g/mol. The Bertz CT molecular complexity index is 611. The third-order valence-electron chi connectivity index (χ3n) is 4.92. The van der Waals surface area contributed by atoms with Crippen LogP contribution in [0.5, 0.6) is 0 Å². The molecule has 2 aliphatic heterocycles. The summed E-state index contributed by atoms with van der Waals surface area (Å²) in [5.74, 6) is 0. The Morgan fingerprint density at radius 1 is 1.19 bits per heavy atom. The number of hydrogen-bond acceptors (Lipinski definition) is 3. The fourth-order valence-corrected chi connectivity index (χ4v) is 3.58. The van der Waals surface area contributed by atoms with E-state index in [2.05, 4.69) is 39.5 Å². The van der Waals surface area contributed by atoms with E-state index in [1.165, 1.54) is 42.4 Å². The van der Waals surface area contributed by atoms with Crippen molar-refractivity contribution in [2.45, 2.75) is 24.9 Å². The molecule has 4 rings (SSSR count). The van der Waals surface area contributed by atoms with Gasteiger partial charge in [-0.3, -0.25) is 4.90 Å². The summed E-state index contributed by atoms with van der Waals surface area (Å²) in [5, 5.41) is 4.93. The van der Waals surface area contributed by atoms with Gasteiger partial charge in [0.05, 0.1) is 18.8 Å². The lowest BCUT2D eigenvalue weighted by Gasteiger charge is -2.48. The lowest BCUT2D eigenvalue weighted by molar-refractivity contribution is -0.131. The van der Waals surface area contributed by atoms with Crippen molar-refractivity contribution in [3.05, 3.63) is 36.0 Å². The largest absolute Gasteiger partial charge is 0.377 e. The minimum atomic E-state index is 0.259. The zero-order valence-corrected chi connectivity index (χ0v) is 12.4. The van der Waals surface area contributed by atoms with Crippen LogP contribution in [0.1, 0.15) is 18.4 Å². The van der Waals surface area contributed by atoms with E-state index in [1.807, 2.05) is 6.20 Å². The van der Waals surface area contributed by atoms with Crippen LogP contribution in [0.4, 0.5) is 0 Å². The molecule has 1 aromatic carbocycles. The molecule has 4 heteroatoms. The van der Waals surface area contributed by atoms with Crippen molar-refractivity contribution in [2.75, 3.05) is 32.8 Å². The van der Waals surface area contributed by atoms with E-state index in [9.17, 15) is 0 Å². The number of H-pyrrole nitrogens is 1. The number of nitrogens with one attached hydrogen (secondary N) is 2. The summed E-state index contributed by atoms with van der Waals surface area (Å²) in [4.78, 5) is 5.86. The Balaban J connectivity index is 1.37. The van der Waals surface area contributed by atoms with E-state index in [-0.39, 0.29) is 5.54 Å². The minimum absolute atomic E-state index is 0.259. The van der Waals surface area contributed by atoms with Crippen molar-refractivity contribution in [3.63, 3.8) is 0 Å². The quantitative estimate of drug-likeness (QED) is 0.884. The fourth-order valence-electron chi connectivity index (χ4n) is 3.58. The topological polar surface area (TPSA) is 40.3 Å². The monoisotopic (exact) mass is 285 g/mol. The molecule has 0 bridgehead atoms. The van der Waals surface area contributed by atoms with Crippen LogP contribution in [-0.2, 0) is 11.3 Å². The molecular weight excluding hydrogens is 262 g/mol. The van der Waals surface area contributed by atoms with Gasteiger partial charge in [0.25, 0.3) is 0 Å². The van der Waals surface area contributed by atoms with Gasteiger partial charge in [-0.2, -0.15) is 0 Å². The molecule has 1 aromatic heterocycles. The summed E-state index contributed by atoms with van der Waals surface area (Å²) in [6, 6.07) is 8.75. The first-order chi connectivity index (χ1) is 10.4. The molecule has 0 aliphatic carbocycles. The van der Waals surface area contributed by atoms with E-state index in [4.69, 9.17) is 4.74 Å². The molecule has 2 fully saturated rings. The summed E-state index contributed by atoms with van der Waals surface area (Å²) in [6.07, 6.45) is 4.67. The first-order valence-corrected chi connectivity index (χ1v) is 7.95. The second-order valence-electron chi connectivity index (χ2n) is 6.41. The number of aromatic amines is 1. The Labute approximate surface area is 125 Å². The first kappa shape index (κ1) is 13.3. The third kappa shape index (κ3) is 2.48. The minimum Gasteiger partial charge on any atom is -0.377 e. The smallest absolute Gasteiger partial charge is 0.0804 e. The standard InChI is InChI=1S/C17H23N3O/c1-2-8-20(7-1)17(12-21-13-17)11-18-10-14-3-4-16-15(9-14)5-6-19-16/h3-6,9,18-19H,1-2,7-8,10-13H2. The molecule has 21 heavy (non-hydrogen) atoms. The van der Waals surface area contributed by atoms with E-state index in [1.54, 1.807) is 0 Å². The maximum atomic E-state index is 5.51. The summed E-state index contributed by atoms with van der Waals surface area (Å²) in [5.41, 5.74) is 2.81. The van der Waals surface area contributed by atoms with Crippen molar-refractivity contribution in [3.8, 4) is 0 Å². The highest BCUT2D eigenvalue weighted by molar-refractivity contribution is 5.79. The van der Waals surface area contributed by atoms with Crippen LogP contribution in [0.2, 0.25) is 0 Å². The molecule has 4 nitrogen and oxygen atoms in total. The lowest BCUT2D eigenvalue weighted by atomic mass is 9.95. The van der Waals surface area contributed by atoms with E-state index in [0.717, 1.165) is 26.3 Å². The fraction of sp³-hybridized carbons (Fsp3) is 0.529. The summed E-state index contributed by atoms with van der Waals surface area (Å²) in [6.45, 7) is 6.20. The van der Waals surface area contributed by atoms with Crippen LogP contribution in [0.3, 0.4) is 0 Å². The number of fused-ring (bicyclic) bond motifs is 1. The first-order valence-electron chi connectivity index (χ1n) is 7.95. The van der Waals surface area contributed by atoms with Crippen molar-refractivity contribution in [1.29, 1.82) is 0 Å². The number of ether oxygens (including phenoxy) is 1. The van der Waals surface area contributed by atoms with Crippen molar-refractivity contribution in [1.82, 2.24) is 15.2 Å². The zero-order valence-electron chi connectivity index (χ0n) is 12.4. The molecule has 2 aliphatic rings. The predicted molar refractivity (Wildman–Crippen MR) is 84.4 cm³/mol. The van der Waals surface area contributed by atoms with Gasteiger partial charge in [0.2, 0.25) is 0 Å². The van der Waals surface area contributed by atoms with E-state index >= 15 is 0 Å². The third-order valence-corrected chi connectivity index (χ3v) is 4.92. The van der Waals surface area contributed by atoms with Crippen molar-refractivity contribution in [2.24, 2.45) is 0 Å². The number of likely N-dealkylation sites (tertiary alicyclic amines) is 1. The van der Waals surface area contributed by atoms with Crippen LogP contribution < -0.4 is 5.32 Å². The maximum Gasteiger partial charge on any atom is 0.0804 e. The van der Waals surface area contributed by atoms with Gasteiger partial charge in [-0.15, -0.1) is 0 Å². The van der Waals surface area contributed by atoms with Crippen LogP contribution in [0.25, 0.3) is 10.9 Å². The van der Waals surface area contributed by atoms with Crippen LogP contribution in [0.15, 0.2) is 30.5 Å². The van der Waals surface area contributed by atoms with E-state index in [0.29, 0.717) is 0 Å². The molecule has 0 spiro atoms.